The van der Waals surface area contributed by atoms with Crippen LogP contribution in [0.3, 0.4) is 0 Å². The summed E-state index contributed by atoms with van der Waals surface area (Å²) in [6.07, 6.45) is 2.53. The lowest BCUT2D eigenvalue weighted by atomic mass is 10.1. The highest BCUT2D eigenvalue weighted by atomic mass is 16.6. The molecule has 0 saturated carbocycles. The van der Waals surface area contributed by atoms with Gasteiger partial charge in [-0.25, -0.2) is 10.1 Å². The molecule has 146 valence electrons. The topological polar surface area (TPSA) is 142 Å². The van der Waals surface area contributed by atoms with Crippen molar-refractivity contribution < 1.29 is 14.3 Å². The maximum Gasteiger partial charge on any atom is 0.294 e. The molecule has 3 rings (SSSR count). The molecule has 0 fully saturated rings. The molecule has 0 saturated heterocycles. The van der Waals surface area contributed by atoms with Crippen molar-refractivity contribution in [2.45, 2.75) is 19.9 Å². The monoisotopic (exact) mass is 384 g/mol. The molecule has 2 heterocycles. The number of hydrogen-bond acceptors (Lipinski definition) is 8. The highest BCUT2D eigenvalue weighted by Gasteiger charge is 2.25. The smallest absolute Gasteiger partial charge is 0.294 e. The van der Waals surface area contributed by atoms with Gasteiger partial charge in [0.15, 0.2) is 5.69 Å². The Labute approximate surface area is 161 Å². The molecule has 0 unspecified atom stereocenters. The molecular weight excluding hydrogens is 362 g/mol. The summed E-state index contributed by atoms with van der Waals surface area (Å²) in [4.78, 5) is 13.6. The Kier molecular flexibility index (Phi) is 5.75. The van der Waals surface area contributed by atoms with Crippen LogP contribution in [0.5, 0.6) is 0 Å². The summed E-state index contributed by atoms with van der Waals surface area (Å²) in [6, 6.07) is 7.91. The van der Waals surface area contributed by atoms with Crippen molar-refractivity contribution in [2.75, 3.05) is 19.8 Å². The minimum absolute atomic E-state index is 0.0559. The van der Waals surface area contributed by atoms with Crippen LogP contribution in [0.2, 0.25) is 0 Å². The Morgan fingerprint density at radius 2 is 2.07 bits per heavy atom. The van der Waals surface area contributed by atoms with Gasteiger partial charge in [0.05, 0.1) is 20.3 Å². The summed E-state index contributed by atoms with van der Waals surface area (Å²) in [7, 11) is 3.86. The third-order valence-corrected chi connectivity index (χ3v) is 3.96. The number of nitrogens with one attached hydrogen (secondary N) is 2. The minimum atomic E-state index is -0.487. The quantitative estimate of drug-likeness (QED) is 0.358. The Hall–Kier alpha value is -3.60. The second kappa shape index (κ2) is 8.39. The highest BCUT2D eigenvalue weighted by molar-refractivity contribution is 5.94. The number of carbonyl (C=O) groups is 1. The molecule has 1 amide bonds. The van der Waals surface area contributed by atoms with E-state index in [4.69, 9.17) is 5.73 Å². The first-order valence-corrected chi connectivity index (χ1v) is 8.74. The molecule has 0 aliphatic rings. The van der Waals surface area contributed by atoms with Crippen LogP contribution in [0.1, 0.15) is 34.2 Å². The van der Waals surface area contributed by atoms with E-state index in [-0.39, 0.29) is 17.3 Å². The van der Waals surface area contributed by atoms with Crippen molar-refractivity contribution in [1.82, 2.24) is 30.7 Å². The number of amides is 1. The van der Waals surface area contributed by atoms with Crippen molar-refractivity contribution in [1.29, 1.82) is 0 Å². The van der Waals surface area contributed by atoms with Crippen LogP contribution in [0, 0.1) is 0 Å². The van der Waals surface area contributed by atoms with Gasteiger partial charge in [-0.15, -0.1) is 5.10 Å². The van der Waals surface area contributed by atoms with Gasteiger partial charge in [0.25, 0.3) is 5.91 Å². The number of hydrogen-bond donors (Lipinski definition) is 3. The second-order valence-corrected chi connectivity index (χ2v) is 6.45. The lowest BCUT2D eigenvalue weighted by Crippen LogP contribution is -3.04. The highest BCUT2D eigenvalue weighted by Crippen LogP contribution is 2.15. The van der Waals surface area contributed by atoms with Crippen LogP contribution >= 0.6 is 0 Å². The van der Waals surface area contributed by atoms with Crippen LogP contribution in [0.4, 0.5) is 5.82 Å². The average Bonchev–Trinajstić information content (AvgIpc) is 3.27. The van der Waals surface area contributed by atoms with Gasteiger partial charge in [0.2, 0.25) is 11.6 Å². The van der Waals surface area contributed by atoms with E-state index in [1.54, 1.807) is 6.21 Å². The molecule has 0 atom stereocenters. The van der Waals surface area contributed by atoms with Crippen LogP contribution in [-0.4, -0.2) is 51.5 Å². The molecular formula is C17H22N9O2+. The molecule has 0 bridgehead atoms. The molecule has 0 aliphatic carbocycles. The van der Waals surface area contributed by atoms with Gasteiger partial charge in [0.1, 0.15) is 12.2 Å². The van der Waals surface area contributed by atoms with E-state index in [0.29, 0.717) is 12.2 Å². The van der Waals surface area contributed by atoms with E-state index in [9.17, 15) is 4.79 Å². The number of benzene rings is 1. The van der Waals surface area contributed by atoms with Gasteiger partial charge >= 0.3 is 0 Å². The summed E-state index contributed by atoms with van der Waals surface area (Å²) in [6.45, 7) is 2.54. The van der Waals surface area contributed by atoms with Crippen molar-refractivity contribution in [3.63, 3.8) is 0 Å². The van der Waals surface area contributed by atoms with Crippen LogP contribution in [0.15, 0.2) is 34.0 Å². The van der Waals surface area contributed by atoms with Gasteiger partial charge in [0, 0.05) is 0 Å². The molecule has 28 heavy (non-hydrogen) atoms. The Morgan fingerprint density at radius 3 is 2.68 bits per heavy atom. The summed E-state index contributed by atoms with van der Waals surface area (Å²) in [5.74, 6) is -0.248. The normalized spacial score (nSPS) is 11.4. The molecule has 2 aromatic heterocycles. The first-order valence-electron chi connectivity index (χ1n) is 8.74. The van der Waals surface area contributed by atoms with E-state index in [2.05, 4.69) is 42.7 Å². The average molecular weight is 384 g/mol. The zero-order chi connectivity index (χ0) is 20.1. The maximum absolute atomic E-state index is 12.6. The fourth-order valence-corrected chi connectivity index (χ4v) is 2.54. The second-order valence-electron chi connectivity index (χ2n) is 6.45. The Morgan fingerprint density at radius 1 is 1.32 bits per heavy atom. The van der Waals surface area contributed by atoms with Crippen molar-refractivity contribution in [2.24, 2.45) is 5.10 Å². The van der Waals surface area contributed by atoms with E-state index in [1.807, 2.05) is 38.4 Å². The van der Waals surface area contributed by atoms with Crippen LogP contribution < -0.4 is 16.1 Å². The lowest BCUT2D eigenvalue weighted by molar-refractivity contribution is -0.873. The molecule has 1 aromatic carbocycles. The molecule has 11 heteroatoms. The summed E-state index contributed by atoms with van der Waals surface area (Å²) in [5, 5.41) is 19.2. The number of aromatic nitrogens is 5. The lowest BCUT2D eigenvalue weighted by Gasteiger charge is -2.08. The molecule has 0 radical (unpaired) electrons. The summed E-state index contributed by atoms with van der Waals surface area (Å²) < 4.78 is 5.96. The van der Waals surface area contributed by atoms with Crippen molar-refractivity contribution in [3.05, 3.63) is 46.8 Å². The molecule has 11 nitrogen and oxygen atoms in total. The van der Waals surface area contributed by atoms with E-state index in [1.165, 1.54) is 10.2 Å². The van der Waals surface area contributed by atoms with Gasteiger partial charge in [-0.2, -0.15) is 9.78 Å². The number of nitrogens with two attached hydrogens (primary N) is 1. The Balaban J connectivity index is 1.79. The number of hydrazone groups is 1. The first-order chi connectivity index (χ1) is 13.5. The number of carbonyl (C=O) groups excluding carboxylic acids is 1. The molecule has 3 aromatic rings. The van der Waals surface area contributed by atoms with Crippen molar-refractivity contribution in [3.8, 4) is 5.82 Å². The number of nitrogen functional groups attached to an aromatic ring is 1. The predicted molar refractivity (Wildman–Crippen MR) is 101 cm³/mol. The molecule has 0 aliphatic heterocycles. The summed E-state index contributed by atoms with van der Waals surface area (Å²) in [5.41, 5.74) is 11.0. The van der Waals surface area contributed by atoms with Crippen molar-refractivity contribution >= 4 is 17.9 Å². The number of anilines is 1. The Bertz CT molecular complexity index is 973. The van der Waals surface area contributed by atoms with Gasteiger partial charge < -0.3 is 10.6 Å². The van der Waals surface area contributed by atoms with E-state index < -0.39 is 5.91 Å². The standard InChI is InChI=1S/C17H21N9O2/c1-4-11-5-7-12(8-6-11)9-19-21-17(27)14-13(10-25(2)3)26(24-20-14)16-15(18)22-28-23-16/h5-9H,4,10H2,1-3H3,(H2,18,22)(H,21,27)/p+1/b19-9-. The zero-order valence-electron chi connectivity index (χ0n) is 15.9. The largest absolute Gasteiger partial charge is 0.378 e. The van der Waals surface area contributed by atoms with Crippen LogP contribution in [0.25, 0.3) is 5.82 Å². The van der Waals surface area contributed by atoms with Gasteiger partial charge in [-0.3, -0.25) is 4.79 Å². The van der Waals surface area contributed by atoms with Gasteiger partial charge in [-0.1, -0.05) is 36.4 Å². The summed E-state index contributed by atoms with van der Waals surface area (Å²) >= 11 is 0. The zero-order valence-corrected chi connectivity index (χ0v) is 15.9. The van der Waals surface area contributed by atoms with Gasteiger partial charge in [-0.05, 0) is 27.9 Å². The fourth-order valence-electron chi connectivity index (χ4n) is 2.54. The third-order valence-electron chi connectivity index (χ3n) is 3.96. The van der Waals surface area contributed by atoms with E-state index >= 15 is 0 Å². The molecule has 0 spiro atoms. The number of quaternary nitrogens is 1. The van der Waals surface area contributed by atoms with E-state index in [0.717, 1.165) is 16.9 Å². The van der Waals surface area contributed by atoms with Crippen LogP contribution in [-0.2, 0) is 13.0 Å². The third kappa shape index (κ3) is 4.20. The number of nitrogens with zero attached hydrogens (tertiary/aromatic N) is 6. The molecule has 4 N–H and O–H groups in total. The fraction of sp³-hybridized carbons (Fsp3) is 0.294. The predicted octanol–water partition coefficient (Wildman–Crippen LogP) is -0.797. The SMILES string of the molecule is CCc1ccc(/C=N\NC(=O)c2nnn(-c3nonc3N)c2C[NH+](C)C)cc1. The maximum atomic E-state index is 12.6. The number of rotatable bonds is 7. The number of aryl methyl sites for hydroxylation is 1. The minimum Gasteiger partial charge on any atom is -0.378 e. The first kappa shape index (κ1) is 19.2.